The average Bonchev–Trinajstić information content (AvgIpc) is 3.46. The highest BCUT2D eigenvalue weighted by Gasteiger charge is 2.44. The van der Waals surface area contributed by atoms with E-state index in [0.29, 0.717) is 49.3 Å². The Bertz CT molecular complexity index is 1510. The van der Waals surface area contributed by atoms with Crippen LogP contribution in [0.1, 0.15) is 57.5 Å². The van der Waals surface area contributed by atoms with E-state index in [9.17, 15) is 10.1 Å². The lowest BCUT2D eigenvalue weighted by atomic mass is 9.83. The van der Waals surface area contributed by atoms with Crippen molar-refractivity contribution in [2.45, 2.75) is 70.8 Å². The topological polar surface area (TPSA) is 118 Å². The van der Waals surface area contributed by atoms with Crippen LogP contribution in [0.25, 0.3) is 11.3 Å². The molecule has 4 heterocycles. The zero-order valence-corrected chi connectivity index (χ0v) is 25.9. The molecule has 1 N–H and O–H groups in total. The summed E-state index contributed by atoms with van der Waals surface area (Å²) in [4.78, 5) is 22.6. The van der Waals surface area contributed by atoms with Crippen molar-refractivity contribution < 1.29 is 14.0 Å². The third kappa shape index (κ3) is 5.54. The van der Waals surface area contributed by atoms with E-state index < -0.39 is 13.7 Å². The van der Waals surface area contributed by atoms with Crippen molar-refractivity contribution in [1.82, 2.24) is 19.7 Å². The molecule has 0 fully saturated rings. The summed E-state index contributed by atoms with van der Waals surface area (Å²) in [5.41, 5.74) is 4.23. The van der Waals surface area contributed by atoms with Gasteiger partial charge in [-0.15, -0.1) is 0 Å². The van der Waals surface area contributed by atoms with Gasteiger partial charge in [-0.2, -0.15) is 10.4 Å². The maximum Gasteiger partial charge on any atom is 0.329 e. The summed E-state index contributed by atoms with van der Waals surface area (Å²) in [5.74, 6) is 1.06. The Kier molecular flexibility index (Phi) is 7.57. The Morgan fingerprint density at radius 2 is 2.12 bits per heavy atom. The van der Waals surface area contributed by atoms with Gasteiger partial charge in [0.25, 0.3) is 0 Å². The molecule has 0 aliphatic carbocycles. The lowest BCUT2D eigenvalue weighted by Gasteiger charge is -2.39. The van der Waals surface area contributed by atoms with Crippen LogP contribution >= 0.6 is 0 Å². The summed E-state index contributed by atoms with van der Waals surface area (Å²) in [5, 5.41) is 18.1. The van der Waals surface area contributed by atoms with E-state index in [2.05, 4.69) is 68.3 Å². The molecule has 3 aromatic rings. The van der Waals surface area contributed by atoms with Crippen LogP contribution in [0.5, 0.6) is 0 Å². The molecular weight excluding hydrogens is 533 g/mol. The number of fused-ring (bicyclic) bond motifs is 2. The van der Waals surface area contributed by atoms with Gasteiger partial charge in [-0.05, 0) is 48.8 Å². The molecular formula is C29H37BN7O3Si. The molecule has 2 unspecified atom stereocenters. The molecule has 1 radical (unpaired) electrons. The minimum absolute atomic E-state index is 0.0270. The van der Waals surface area contributed by atoms with Gasteiger partial charge in [0.05, 0.1) is 36.2 Å². The van der Waals surface area contributed by atoms with E-state index in [1.54, 1.807) is 6.20 Å². The van der Waals surface area contributed by atoms with Crippen LogP contribution in [0, 0.1) is 11.3 Å². The third-order valence-electron chi connectivity index (χ3n) is 8.58. The molecule has 12 heteroatoms. The van der Waals surface area contributed by atoms with Gasteiger partial charge in [0.2, 0.25) is 5.95 Å². The number of hydrogen-bond donors (Lipinski definition) is 1. The Labute approximate surface area is 243 Å². The van der Waals surface area contributed by atoms with Gasteiger partial charge >= 0.3 is 7.41 Å². The summed E-state index contributed by atoms with van der Waals surface area (Å²) in [6, 6.07) is 10.0. The normalized spacial score (nSPS) is 20.2. The first-order valence-corrected chi connectivity index (χ1v) is 16.8. The highest BCUT2D eigenvalue weighted by atomic mass is 28.4. The molecule has 0 saturated carbocycles. The first-order valence-electron chi connectivity index (χ1n) is 13.9. The third-order valence-corrected chi connectivity index (χ3v) is 13.1. The number of carbonyl (C=O) groups excluding carboxylic acids is 1. The first kappa shape index (κ1) is 29.0. The molecule has 0 spiro atoms. The van der Waals surface area contributed by atoms with Crippen molar-refractivity contribution in [2.75, 3.05) is 29.9 Å². The Hall–Kier alpha value is -3.53. The highest BCUT2D eigenvalue weighted by molar-refractivity contribution is 6.74. The van der Waals surface area contributed by atoms with Gasteiger partial charge in [0, 0.05) is 42.1 Å². The molecule has 2 aliphatic heterocycles. The standard InChI is InChI=1S/C29H37BN7O3Si/c1-19-24-14-25(35-37(24)10-11-39-19)34-27-32-9-8-23(33-27)20-12-21(15-31)26-22(13-20)29(5,16-36(26)30-18-38)17-40-41(6,7)28(2,3)4/h8-9,12-14,18-19H,10-11,16-17H2,1-7H3,(H,32,33,34,35). The maximum atomic E-state index is 11.5. The molecule has 10 nitrogen and oxygen atoms in total. The minimum Gasteiger partial charge on any atom is -0.416 e. The number of rotatable bonds is 8. The zero-order valence-electron chi connectivity index (χ0n) is 24.9. The number of hydrogen-bond acceptors (Lipinski definition) is 9. The van der Waals surface area contributed by atoms with E-state index in [1.165, 1.54) is 7.41 Å². The number of ether oxygens (including phenoxy) is 1. The van der Waals surface area contributed by atoms with Gasteiger partial charge in [0.1, 0.15) is 12.3 Å². The average molecular weight is 571 g/mol. The molecule has 2 aromatic heterocycles. The summed E-state index contributed by atoms with van der Waals surface area (Å²) >= 11 is 0. The fourth-order valence-corrected chi connectivity index (χ4v) is 6.26. The molecule has 41 heavy (non-hydrogen) atoms. The second-order valence-corrected chi connectivity index (χ2v) is 17.4. The molecule has 0 saturated heterocycles. The predicted molar refractivity (Wildman–Crippen MR) is 162 cm³/mol. The Morgan fingerprint density at radius 3 is 2.80 bits per heavy atom. The van der Waals surface area contributed by atoms with E-state index in [-0.39, 0.29) is 11.1 Å². The van der Waals surface area contributed by atoms with Gasteiger partial charge < -0.3 is 24.1 Å². The smallest absolute Gasteiger partial charge is 0.329 e. The molecule has 213 valence electrons. The van der Waals surface area contributed by atoms with Gasteiger partial charge in [-0.1, -0.05) is 27.7 Å². The quantitative estimate of drug-likeness (QED) is 0.296. The van der Waals surface area contributed by atoms with Crippen LogP contribution in [-0.2, 0) is 25.9 Å². The Balaban J connectivity index is 1.50. The van der Waals surface area contributed by atoms with Crippen molar-refractivity contribution in [3.8, 4) is 17.3 Å². The molecule has 0 bridgehead atoms. The van der Waals surface area contributed by atoms with E-state index in [1.807, 2.05) is 34.6 Å². The number of aromatic nitrogens is 4. The molecule has 2 aliphatic rings. The highest BCUT2D eigenvalue weighted by Crippen LogP contribution is 2.46. The van der Waals surface area contributed by atoms with Crippen molar-refractivity contribution in [1.29, 1.82) is 5.26 Å². The molecule has 0 amide bonds. The van der Waals surface area contributed by atoms with Crippen molar-refractivity contribution in [3.05, 3.63) is 47.3 Å². The van der Waals surface area contributed by atoms with Crippen molar-refractivity contribution in [2.24, 2.45) is 0 Å². The molecule has 5 rings (SSSR count). The van der Waals surface area contributed by atoms with Crippen LogP contribution in [0.3, 0.4) is 0 Å². The predicted octanol–water partition coefficient (Wildman–Crippen LogP) is 4.96. The van der Waals surface area contributed by atoms with E-state index >= 15 is 0 Å². The molecule has 2 atom stereocenters. The number of nitrogens with zero attached hydrogens (tertiary/aromatic N) is 6. The lowest BCUT2D eigenvalue weighted by molar-refractivity contribution is 0.0289. The second-order valence-electron chi connectivity index (χ2n) is 12.6. The van der Waals surface area contributed by atoms with E-state index in [4.69, 9.17) is 14.1 Å². The number of anilines is 3. The second kappa shape index (κ2) is 10.7. The summed E-state index contributed by atoms with van der Waals surface area (Å²) in [6.07, 6.45) is 2.43. The van der Waals surface area contributed by atoms with Crippen LogP contribution < -0.4 is 10.1 Å². The van der Waals surface area contributed by atoms with Gasteiger partial charge in [0.15, 0.2) is 14.1 Å². The number of nitrogens with one attached hydrogen (secondary N) is 1. The zero-order chi connectivity index (χ0) is 29.6. The van der Waals surface area contributed by atoms with Crippen LogP contribution in [0.4, 0.5) is 17.5 Å². The molecule has 1 aromatic carbocycles. The van der Waals surface area contributed by atoms with E-state index in [0.717, 1.165) is 28.7 Å². The monoisotopic (exact) mass is 570 g/mol. The van der Waals surface area contributed by atoms with Gasteiger partial charge in [-0.25, -0.2) is 9.97 Å². The van der Waals surface area contributed by atoms with Crippen LogP contribution in [0.2, 0.25) is 18.1 Å². The lowest BCUT2D eigenvalue weighted by Crippen LogP contribution is -2.46. The van der Waals surface area contributed by atoms with Crippen molar-refractivity contribution >= 4 is 39.4 Å². The summed E-state index contributed by atoms with van der Waals surface area (Å²) < 4.78 is 14.3. The minimum atomic E-state index is -2.04. The fraction of sp³-hybridized carbons (Fsp3) is 0.483. The summed E-state index contributed by atoms with van der Waals surface area (Å²) in [7, 11) is -0.541. The fourth-order valence-electron chi connectivity index (χ4n) is 5.15. The Morgan fingerprint density at radius 1 is 1.34 bits per heavy atom. The SMILES string of the molecule is CC1OCCn2nc(Nc3nccc(-c4cc(C#N)c5c(c4)C(C)(CO[Si](C)(C)C(C)(C)C)CN5[B]C=O)n3)cc21. The van der Waals surface area contributed by atoms with Crippen molar-refractivity contribution in [3.63, 3.8) is 0 Å². The first-order chi connectivity index (χ1) is 19.3. The largest absolute Gasteiger partial charge is 0.416 e. The van der Waals surface area contributed by atoms with Gasteiger partial charge in [-0.3, -0.25) is 4.68 Å². The number of nitriles is 1. The maximum absolute atomic E-state index is 11.5. The number of benzene rings is 1. The number of carbonyl (C=O) groups is 1. The van der Waals surface area contributed by atoms with Crippen LogP contribution in [-0.4, -0.2) is 61.4 Å². The van der Waals surface area contributed by atoms with Crippen LogP contribution in [0.15, 0.2) is 30.5 Å². The summed E-state index contributed by atoms with van der Waals surface area (Å²) in [6.45, 7) is 17.6.